The van der Waals surface area contributed by atoms with Gasteiger partial charge in [0.25, 0.3) is 5.91 Å². The molecule has 4 heteroatoms. The number of carbonyl (C=O) groups excluding carboxylic acids is 1. The Hall–Kier alpha value is -2.23. The second-order valence-electron chi connectivity index (χ2n) is 5.37. The molecular formula is C17H22N2O2. The summed E-state index contributed by atoms with van der Waals surface area (Å²) in [7, 11) is 3.61. The molecule has 0 saturated carbocycles. The van der Waals surface area contributed by atoms with E-state index in [9.17, 15) is 4.79 Å². The summed E-state index contributed by atoms with van der Waals surface area (Å²) in [6.45, 7) is 4.67. The van der Waals surface area contributed by atoms with Crippen LogP contribution in [0.4, 0.5) is 0 Å². The predicted molar refractivity (Wildman–Crippen MR) is 83.4 cm³/mol. The quantitative estimate of drug-likeness (QED) is 0.846. The molecule has 0 spiro atoms. The molecule has 0 atom stereocenters. The van der Waals surface area contributed by atoms with Crippen molar-refractivity contribution in [3.63, 3.8) is 0 Å². The van der Waals surface area contributed by atoms with Gasteiger partial charge in [-0.15, -0.1) is 0 Å². The fourth-order valence-corrected chi connectivity index (χ4v) is 2.22. The molecule has 0 radical (unpaired) electrons. The molecule has 1 aromatic carbocycles. The van der Waals surface area contributed by atoms with Crippen LogP contribution >= 0.6 is 0 Å². The highest BCUT2D eigenvalue weighted by Crippen LogP contribution is 2.16. The van der Waals surface area contributed by atoms with Crippen molar-refractivity contribution in [2.75, 3.05) is 7.11 Å². The Balaban J connectivity index is 2.20. The molecule has 1 aromatic heterocycles. The number of hydrogen-bond donors (Lipinski definition) is 0. The summed E-state index contributed by atoms with van der Waals surface area (Å²) in [4.78, 5) is 14.6. The van der Waals surface area contributed by atoms with Crippen LogP contribution in [0, 0.1) is 0 Å². The molecular weight excluding hydrogens is 264 g/mol. The number of rotatable bonds is 5. The van der Waals surface area contributed by atoms with Crippen molar-refractivity contribution >= 4 is 5.91 Å². The molecule has 2 aromatic rings. The Bertz CT molecular complexity index is 600. The Morgan fingerprint density at radius 2 is 1.90 bits per heavy atom. The minimum atomic E-state index is 0.0360. The van der Waals surface area contributed by atoms with Gasteiger partial charge in [0.2, 0.25) is 0 Å². The van der Waals surface area contributed by atoms with Crippen molar-refractivity contribution in [2.45, 2.75) is 26.4 Å². The van der Waals surface area contributed by atoms with Gasteiger partial charge in [0.05, 0.1) is 13.7 Å². The van der Waals surface area contributed by atoms with Gasteiger partial charge in [-0.25, -0.2) is 0 Å². The Kier molecular flexibility index (Phi) is 4.68. The second kappa shape index (κ2) is 6.48. The molecule has 0 unspecified atom stereocenters. The molecule has 21 heavy (non-hydrogen) atoms. The van der Waals surface area contributed by atoms with E-state index in [1.807, 2.05) is 73.0 Å². The van der Waals surface area contributed by atoms with Crippen LogP contribution in [-0.4, -0.2) is 28.5 Å². The van der Waals surface area contributed by atoms with Crippen molar-refractivity contribution in [1.82, 2.24) is 9.47 Å². The lowest BCUT2D eigenvalue weighted by molar-refractivity contribution is 0.0686. The summed E-state index contributed by atoms with van der Waals surface area (Å²) in [5, 5.41) is 0. The van der Waals surface area contributed by atoms with Gasteiger partial charge in [-0.2, -0.15) is 0 Å². The fourth-order valence-electron chi connectivity index (χ4n) is 2.22. The van der Waals surface area contributed by atoms with Gasteiger partial charge in [0, 0.05) is 30.5 Å². The highest BCUT2D eigenvalue weighted by Gasteiger charge is 2.19. The zero-order chi connectivity index (χ0) is 15.4. The summed E-state index contributed by atoms with van der Waals surface area (Å²) in [6, 6.07) is 11.4. The van der Waals surface area contributed by atoms with E-state index < -0.39 is 0 Å². The van der Waals surface area contributed by atoms with Gasteiger partial charge in [-0.3, -0.25) is 4.79 Å². The molecule has 0 aliphatic heterocycles. The van der Waals surface area contributed by atoms with Crippen LogP contribution in [0.3, 0.4) is 0 Å². The topological polar surface area (TPSA) is 34.5 Å². The standard InChI is InChI=1S/C17H22N2O2/c1-13(2)19(12-15-6-5-11-18(15)3)17(20)14-7-9-16(21-4)10-8-14/h5-11,13H,12H2,1-4H3. The first-order valence-electron chi connectivity index (χ1n) is 7.08. The summed E-state index contributed by atoms with van der Waals surface area (Å²) in [5.74, 6) is 0.791. The van der Waals surface area contributed by atoms with Crippen molar-refractivity contribution < 1.29 is 9.53 Å². The molecule has 0 N–H and O–H groups in total. The molecule has 2 rings (SSSR count). The number of ether oxygens (including phenoxy) is 1. The number of nitrogens with zero attached hydrogens (tertiary/aromatic N) is 2. The minimum Gasteiger partial charge on any atom is -0.497 e. The smallest absolute Gasteiger partial charge is 0.254 e. The van der Waals surface area contributed by atoms with Crippen LogP contribution in [0.1, 0.15) is 29.9 Å². The summed E-state index contributed by atoms with van der Waals surface area (Å²) >= 11 is 0. The number of amides is 1. The normalized spacial score (nSPS) is 10.7. The summed E-state index contributed by atoms with van der Waals surface area (Å²) in [6.07, 6.45) is 1.99. The van der Waals surface area contributed by atoms with Gasteiger partial charge in [-0.05, 0) is 50.2 Å². The maximum absolute atomic E-state index is 12.7. The molecule has 0 fully saturated rings. The van der Waals surface area contributed by atoms with Crippen molar-refractivity contribution in [3.05, 3.63) is 53.9 Å². The molecule has 0 bridgehead atoms. The highest BCUT2D eigenvalue weighted by atomic mass is 16.5. The van der Waals surface area contributed by atoms with E-state index >= 15 is 0 Å². The lowest BCUT2D eigenvalue weighted by Gasteiger charge is -2.27. The van der Waals surface area contributed by atoms with E-state index in [4.69, 9.17) is 4.74 Å². The number of aryl methyl sites for hydroxylation is 1. The maximum Gasteiger partial charge on any atom is 0.254 e. The fraction of sp³-hybridized carbons (Fsp3) is 0.353. The third kappa shape index (κ3) is 3.45. The van der Waals surface area contributed by atoms with Crippen LogP contribution in [-0.2, 0) is 13.6 Å². The number of carbonyl (C=O) groups is 1. The van der Waals surface area contributed by atoms with Crippen LogP contribution in [0.25, 0.3) is 0 Å². The maximum atomic E-state index is 12.7. The largest absolute Gasteiger partial charge is 0.497 e. The lowest BCUT2D eigenvalue weighted by Crippen LogP contribution is -2.36. The first kappa shape index (κ1) is 15.2. The van der Waals surface area contributed by atoms with E-state index in [-0.39, 0.29) is 11.9 Å². The number of benzene rings is 1. The SMILES string of the molecule is COc1ccc(C(=O)N(Cc2cccn2C)C(C)C)cc1. The van der Waals surface area contributed by atoms with Crippen LogP contribution in [0.5, 0.6) is 5.75 Å². The molecule has 1 amide bonds. The average Bonchev–Trinajstić information content (AvgIpc) is 2.89. The van der Waals surface area contributed by atoms with Crippen molar-refractivity contribution in [3.8, 4) is 5.75 Å². The number of aromatic nitrogens is 1. The van der Waals surface area contributed by atoms with Gasteiger partial charge >= 0.3 is 0 Å². The van der Waals surface area contributed by atoms with Crippen molar-refractivity contribution in [2.24, 2.45) is 7.05 Å². The first-order chi connectivity index (χ1) is 10.0. The second-order valence-corrected chi connectivity index (χ2v) is 5.37. The van der Waals surface area contributed by atoms with E-state index in [0.29, 0.717) is 12.1 Å². The highest BCUT2D eigenvalue weighted by molar-refractivity contribution is 5.94. The first-order valence-corrected chi connectivity index (χ1v) is 7.08. The van der Waals surface area contributed by atoms with Gasteiger partial charge in [0.1, 0.15) is 5.75 Å². The zero-order valence-electron chi connectivity index (χ0n) is 13.0. The van der Waals surface area contributed by atoms with Gasteiger partial charge in [0.15, 0.2) is 0 Å². The van der Waals surface area contributed by atoms with Crippen LogP contribution in [0.2, 0.25) is 0 Å². The van der Waals surface area contributed by atoms with Gasteiger partial charge < -0.3 is 14.2 Å². The van der Waals surface area contributed by atoms with Crippen LogP contribution < -0.4 is 4.74 Å². The van der Waals surface area contributed by atoms with E-state index in [2.05, 4.69) is 0 Å². The lowest BCUT2D eigenvalue weighted by atomic mass is 10.1. The van der Waals surface area contributed by atoms with E-state index in [1.165, 1.54) is 0 Å². The zero-order valence-corrected chi connectivity index (χ0v) is 13.0. The molecule has 0 aliphatic carbocycles. The van der Waals surface area contributed by atoms with Crippen LogP contribution in [0.15, 0.2) is 42.6 Å². The molecule has 4 nitrogen and oxygen atoms in total. The minimum absolute atomic E-state index is 0.0360. The van der Waals surface area contributed by atoms with E-state index in [0.717, 1.165) is 11.4 Å². The third-order valence-electron chi connectivity index (χ3n) is 3.60. The van der Waals surface area contributed by atoms with E-state index in [1.54, 1.807) is 7.11 Å². The molecule has 0 aliphatic rings. The Morgan fingerprint density at radius 3 is 2.38 bits per heavy atom. The van der Waals surface area contributed by atoms with Gasteiger partial charge in [-0.1, -0.05) is 0 Å². The molecule has 1 heterocycles. The predicted octanol–water partition coefficient (Wildman–Crippen LogP) is 3.08. The average molecular weight is 286 g/mol. The Morgan fingerprint density at radius 1 is 1.24 bits per heavy atom. The molecule has 112 valence electrons. The van der Waals surface area contributed by atoms with Crippen molar-refractivity contribution in [1.29, 1.82) is 0 Å². The molecule has 0 saturated heterocycles. The Labute approximate surface area is 125 Å². The number of methoxy groups -OCH3 is 1. The third-order valence-corrected chi connectivity index (χ3v) is 3.60. The monoisotopic (exact) mass is 286 g/mol. The summed E-state index contributed by atoms with van der Waals surface area (Å²) < 4.78 is 7.17. The number of hydrogen-bond acceptors (Lipinski definition) is 2. The summed E-state index contributed by atoms with van der Waals surface area (Å²) in [5.41, 5.74) is 1.80.